The summed E-state index contributed by atoms with van der Waals surface area (Å²) in [6.45, 7) is 0. The number of nitrogens with zero attached hydrogens (tertiary/aromatic N) is 2. The van der Waals surface area contributed by atoms with Gasteiger partial charge in [-0.05, 0) is 28.2 Å². The van der Waals surface area contributed by atoms with Crippen LogP contribution in [0.25, 0.3) is 0 Å². The molecule has 0 radical (unpaired) electrons. The molecule has 0 atom stereocenters. The van der Waals surface area contributed by atoms with Crippen LogP contribution in [0.3, 0.4) is 0 Å². The zero-order valence-corrected chi connectivity index (χ0v) is 6.83. The first kappa shape index (κ1) is 8.27. The minimum absolute atomic E-state index is 1.06. The van der Waals surface area contributed by atoms with E-state index in [1.54, 1.807) is 11.9 Å². The summed E-state index contributed by atoms with van der Waals surface area (Å²) in [6, 6.07) is 0. The first-order chi connectivity index (χ1) is 3.63. The highest BCUT2D eigenvalue weighted by molar-refractivity contribution is 7.96. The van der Waals surface area contributed by atoms with E-state index in [0.717, 1.165) is 5.88 Å². The lowest BCUT2D eigenvalue weighted by Gasteiger charge is -2.12. The number of hydrogen-bond donors (Lipinski definition) is 0. The van der Waals surface area contributed by atoms with E-state index in [1.165, 1.54) is 0 Å². The Morgan fingerprint density at radius 3 is 1.75 bits per heavy atom. The SMILES string of the molecule is CN(C)CSN(C)C. The van der Waals surface area contributed by atoms with Gasteiger partial charge in [0, 0.05) is 0 Å². The molecule has 2 nitrogen and oxygen atoms in total. The molecule has 50 valence electrons. The van der Waals surface area contributed by atoms with Gasteiger partial charge in [0.1, 0.15) is 0 Å². The number of hydrogen-bond acceptors (Lipinski definition) is 3. The molecule has 8 heavy (non-hydrogen) atoms. The Balaban J connectivity index is 2.93. The summed E-state index contributed by atoms with van der Waals surface area (Å²) in [7, 11) is 8.23. The van der Waals surface area contributed by atoms with E-state index >= 15 is 0 Å². The highest BCUT2D eigenvalue weighted by Gasteiger charge is 1.90. The van der Waals surface area contributed by atoms with E-state index in [1.807, 2.05) is 14.1 Å². The van der Waals surface area contributed by atoms with Crippen molar-refractivity contribution in [2.75, 3.05) is 34.1 Å². The van der Waals surface area contributed by atoms with Crippen LogP contribution in [0.15, 0.2) is 0 Å². The van der Waals surface area contributed by atoms with Gasteiger partial charge in [-0.25, -0.2) is 0 Å². The summed E-state index contributed by atoms with van der Waals surface area (Å²) >= 11 is 1.80. The average molecular weight is 134 g/mol. The predicted molar refractivity (Wildman–Crippen MR) is 39.8 cm³/mol. The lowest BCUT2D eigenvalue weighted by atomic mass is 11.0. The molecule has 0 fully saturated rings. The molecule has 0 spiro atoms. The van der Waals surface area contributed by atoms with E-state index in [0.29, 0.717) is 0 Å². The van der Waals surface area contributed by atoms with Crippen LogP contribution < -0.4 is 0 Å². The maximum Gasteiger partial charge on any atom is 0.0587 e. The summed E-state index contributed by atoms with van der Waals surface area (Å²) < 4.78 is 2.10. The standard InChI is InChI=1S/C5H14N2S/c1-6(2)5-8-7(3)4/h5H2,1-4H3. The molecular formula is C5H14N2S. The first-order valence-electron chi connectivity index (χ1n) is 2.58. The number of rotatable bonds is 3. The third-order valence-electron chi connectivity index (χ3n) is 0.574. The van der Waals surface area contributed by atoms with Crippen LogP contribution >= 0.6 is 11.9 Å². The van der Waals surface area contributed by atoms with Crippen LogP contribution in [0, 0.1) is 0 Å². The molecule has 0 aromatic carbocycles. The van der Waals surface area contributed by atoms with Crippen molar-refractivity contribution < 1.29 is 0 Å². The molecule has 3 heteroatoms. The molecule has 0 N–H and O–H groups in total. The second-order valence-corrected chi connectivity index (χ2v) is 3.40. The Morgan fingerprint density at radius 1 is 1.12 bits per heavy atom. The zero-order valence-electron chi connectivity index (χ0n) is 6.01. The summed E-state index contributed by atoms with van der Waals surface area (Å²) in [5, 5.41) is 0. The molecular weight excluding hydrogens is 120 g/mol. The summed E-state index contributed by atoms with van der Waals surface area (Å²) in [4.78, 5) is 2.14. The van der Waals surface area contributed by atoms with Crippen LogP contribution in [-0.4, -0.2) is 43.3 Å². The lowest BCUT2D eigenvalue weighted by Crippen LogP contribution is -2.14. The van der Waals surface area contributed by atoms with Gasteiger partial charge in [-0.2, -0.15) is 0 Å². The normalized spacial score (nSPS) is 11.2. The molecule has 0 aromatic heterocycles. The minimum atomic E-state index is 1.06. The summed E-state index contributed by atoms with van der Waals surface area (Å²) in [5.41, 5.74) is 0. The molecule has 0 aliphatic carbocycles. The van der Waals surface area contributed by atoms with Gasteiger partial charge in [-0.3, -0.25) is 9.21 Å². The smallest absolute Gasteiger partial charge is 0.0587 e. The predicted octanol–water partition coefficient (Wildman–Crippen LogP) is 0.715. The quantitative estimate of drug-likeness (QED) is 0.415. The Hall–Kier alpha value is 0.270. The molecule has 0 bridgehead atoms. The fourth-order valence-electron chi connectivity index (χ4n) is 0.231. The van der Waals surface area contributed by atoms with E-state index < -0.39 is 0 Å². The van der Waals surface area contributed by atoms with Gasteiger partial charge in [0.25, 0.3) is 0 Å². The van der Waals surface area contributed by atoms with Crippen molar-refractivity contribution in [3.63, 3.8) is 0 Å². The van der Waals surface area contributed by atoms with Crippen LogP contribution in [0.1, 0.15) is 0 Å². The second-order valence-electron chi connectivity index (χ2n) is 2.15. The van der Waals surface area contributed by atoms with Crippen LogP contribution in [0.5, 0.6) is 0 Å². The second kappa shape index (κ2) is 4.18. The largest absolute Gasteiger partial charge is 0.299 e. The maximum absolute atomic E-state index is 2.14. The van der Waals surface area contributed by atoms with Crippen LogP contribution in [0.2, 0.25) is 0 Å². The molecule has 0 saturated heterocycles. The Bertz CT molecular complexity index is 46.4. The van der Waals surface area contributed by atoms with E-state index in [-0.39, 0.29) is 0 Å². The van der Waals surface area contributed by atoms with Crippen LogP contribution in [0.4, 0.5) is 0 Å². The Labute approximate surface area is 56.0 Å². The van der Waals surface area contributed by atoms with E-state index in [2.05, 4.69) is 23.3 Å². The van der Waals surface area contributed by atoms with Crippen molar-refractivity contribution in [1.82, 2.24) is 9.21 Å². The fraction of sp³-hybridized carbons (Fsp3) is 1.00. The van der Waals surface area contributed by atoms with Gasteiger partial charge in [-0.1, -0.05) is 11.9 Å². The first-order valence-corrected chi connectivity index (χ1v) is 3.52. The monoisotopic (exact) mass is 134 g/mol. The molecule has 0 amide bonds. The molecule has 0 aliphatic rings. The molecule has 0 aromatic rings. The van der Waals surface area contributed by atoms with Gasteiger partial charge in [0.15, 0.2) is 0 Å². The highest BCUT2D eigenvalue weighted by atomic mass is 32.2. The van der Waals surface area contributed by atoms with E-state index in [9.17, 15) is 0 Å². The van der Waals surface area contributed by atoms with Gasteiger partial charge < -0.3 is 0 Å². The third kappa shape index (κ3) is 6.27. The lowest BCUT2D eigenvalue weighted by molar-refractivity contribution is 0.479. The molecule has 0 saturated carbocycles. The van der Waals surface area contributed by atoms with E-state index in [4.69, 9.17) is 0 Å². The topological polar surface area (TPSA) is 6.48 Å². The molecule has 0 aliphatic heterocycles. The van der Waals surface area contributed by atoms with Gasteiger partial charge in [0.2, 0.25) is 0 Å². The van der Waals surface area contributed by atoms with Crippen LogP contribution in [-0.2, 0) is 0 Å². The zero-order chi connectivity index (χ0) is 6.57. The molecule has 0 heterocycles. The average Bonchev–Trinajstić information content (AvgIpc) is 1.61. The van der Waals surface area contributed by atoms with Crippen molar-refractivity contribution in [2.24, 2.45) is 0 Å². The van der Waals surface area contributed by atoms with Crippen molar-refractivity contribution in [3.8, 4) is 0 Å². The molecule has 0 unspecified atom stereocenters. The van der Waals surface area contributed by atoms with Crippen molar-refractivity contribution >= 4 is 11.9 Å². The molecule has 0 rings (SSSR count). The van der Waals surface area contributed by atoms with Crippen molar-refractivity contribution in [2.45, 2.75) is 0 Å². The maximum atomic E-state index is 2.14. The Kier molecular flexibility index (Phi) is 4.32. The van der Waals surface area contributed by atoms with Gasteiger partial charge in [0.05, 0.1) is 5.88 Å². The fourth-order valence-corrected chi connectivity index (χ4v) is 0.693. The highest BCUT2D eigenvalue weighted by Crippen LogP contribution is 2.01. The summed E-state index contributed by atoms with van der Waals surface area (Å²) in [6.07, 6.45) is 0. The van der Waals surface area contributed by atoms with Gasteiger partial charge in [-0.15, -0.1) is 0 Å². The minimum Gasteiger partial charge on any atom is -0.299 e. The Morgan fingerprint density at radius 2 is 1.62 bits per heavy atom. The summed E-state index contributed by atoms with van der Waals surface area (Å²) in [5.74, 6) is 1.06. The van der Waals surface area contributed by atoms with Crippen molar-refractivity contribution in [1.29, 1.82) is 0 Å². The van der Waals surface area contributed by atoms with Crippen molar-refractivity contribution in [3.05, 3.63) is 0 Å². The van der Waals surface area contributed by atoms with Gasteiger partial charge >= 0.3 is 0 Å². The third-order valence-corrected chi connectivity index (χ3v) is 1.72.